The predicted molar refractivity (Wildman–Crippen MR) is 114 cm³/mol. The number of alkyl halides is 3. The Bertz CT molecular complexity index is 1440. The summed E-state index contributed by atoms with van der Waals surface area (Å²) in [6.07, 6.45) is 1.17. The highest BCUT2D eigenvalue weighted by molar-refractivity contribution is 7.87. The first-order valence-electron chi connectivity index (χ1n) is 10.6. The molecule has 2 aliphatic carbocycles. The molecule has 2 aliphatic rings. The van der Waals surface area contributed by atoms with E-state index in [1.807, 2.05) is 13.8 Å². The summed E-state index contributed by atoms with van der Waals surface area (Å²) >= 11 is 0. The number of hydrogen-bond donors (Lipinski definition) is 0. The number of aromatic nitrogens is 3. The van der Waals surface area contributed by atoms with E-state index in [1.165, 1.54) is 12.1 Å². The third kappa shape index (κ3) is 3.25. The summed E-state index contributed by atoms with van der Waals surface area (Å²) in [6, 6.07) is 9.02. The molecule has 2 bridgehead atoms. The van der Waals surface area contributed by atoms with Crippen molar-refractivity contribution in [2.45, 2.75) is 43.5 Å². The van der Waals surface area contributed by atoms with Crippen LogP contribution in [0.3, 0.4) is 0 Å². The molecule has 2 atom stereocenters. The maximum atomic E-state index is 14.4. The second-order valence-electron chi connectivity index (χ2n) is 9.19. The molecule has 1 aromatic carbocycles. The Morgan fingerprint density at radius 3 is 2.34 bits per heavy atom. The lowest BCUT2D eigenvalue weighted by Gasteiger charge is -2.37. The number of pyridine rings is 1. The largest absolute Gasteiger partial charge is 0.534 e. The molecule has 2 heterocycles. The van der Waals surface area contributed by atoms with Crippen molar-refractivity contribution in [3.63, 3.8) is 0 Å². The summed E-state index contributed by atoms with van der Waals surface area (Å²) < 4.78 is 94.4. The van der Waals surface area contributed by atoms with Gasteiger partial charge in [-0.25, -0.2) is 13.8 Å². The molecule has 0 radical (unpaired) electrons. The van der Waals surface area contributed by atoms with E-state index in [2.05, 4.69) is 19.4 Å². The molecule has 3 aromatic rings. The number of hydrogen-bond acceptors (Lipinski definition) is 6. The van der Waals surface area contributed by atoms with Crippen LogP contribution in [0.1, 0.15) is 49.6 Å². The molecule has 35 heavy (non-hydrogen) atoms. The molecule has 2 aromatic heterocycles. The minimum atomic E-state index is -5.90. The quantitative estimate of drug-likeness (QED) is 0.271. The topological polar surface area (TPSA) is 82.0 Å². The van der Waals surface area contributed by atoms with Crippen molar-refractivity contribution in [2.24, 2.45) is 5.41 Å². The van der Waals surface area contributed by atoms with Crippen LogP contribution < -0.4 is 4.18 Å². The molecule has 1 fully saturated rings. The van der Waals surface area contributed by atoms with Crippen LogP contribution in [0.2, 0.25) is 0 Å². The van der Waals surface area contributed by atoms with E-state index < -0.39 is 44.0 Å². The molecule has 0 unspecified atom stereocenters. The van der Waals surface area contributed by atoms with Crippen molar-refractivity contribution in [1.29, 1.82) is 0 Å². The van der Waals surface area contributed by atoms with Crippen molar-refractivity contribution in [2.75, 3.05) is 0 Å². The fourth-order valence-corrected chi connectivity index (χ4v) is 6.03. The maximum absolute atomic E-state index is 14.4. The van der Waals surface area contributed by atoms with Gasteiger partial charge in [0.1, 0.15) is 11.6 Å². The number of benzene rings is 1. The molecule has 1 saturated carbocycles. The molecule has 0 N–H and O–H groups in total. The van der Waals surface area contributed by atoms with Crippen LogP contribution in [-0.2, 0) is 15.5 Å². The van der Waals surface area contributed by atoms with Crippen molar-refractivity contribution in [3.05, 3.63) is 71.1 Å². The van der Waals surface area contributed by atoms with Crippen LogP contribution in [0.15, 0.2) is 42.5 Å². The Balaban J connectivity index is 1.63. The van der Waals surface area contributed by atoms with Crippen LogP contribution >= 0.6 is 0 Å². The minimum Gasteiger partial charge on any atom is -0.355 e. The number of nitrogens with zero attached hydrogens (tertiary/aromatic N) is 3. The van der Waals surface area contributed by atoms with Crippen molar-refractivity contribution < 1.29 is 34.6 Å². The zero-order valence-corrected chi connectivity index (χ0v) is 19.2. The molecule has 0 aliphatic heterocycles. The standard InChI is InChI=1S/C23H18F5N3O3S/c1-21(2)13-9-10-22(21,17-7-4-8-18(29-17)34-35(32,33)23(26,27)28)20-12(13)11-16(30-31-20)19-14(24)5-3-6-15(19)25/h3-8,11,13H,9-10H2,1-2H3/t13-,22-/m0/s1. The number of fused-ring (bicyclic) bond motifs is 5. The molecule has 6 nitrogen and oxygen atoms in total. The zero-order chi connectivity index (χ0) is 25.4. The highest BCUT2D eigenvalue weighted by atomic mass is 32.2. The molecule has 12 heteroatoms. The van der Waals surface area contributed by atoms with Gasteiger partial charge in [-0.3, -0.25) is 0 Å². The highest BCUT2D eigenvalue weighted by Gasteiger charge is 2.65. The molecular weight excluding hydrogens is 493 g/mol. The van der Waals surface area contributed by atoms with E-state index in [0.717, 1.165) is 18.2 Å². The average molecular weight is 511 g/mol. The van der Waals surface area contributed by atoms with Crippen LogP contribution in [0.25, 0.3) is 11.3 Å². The van der Waals surface area contributed by atoms with Gasteiger partial charge in [0, 0.05) is 6.07 Å². The van der Waals surface area contributed by atoms with E-state index in [0.29, 0.717) is 24.1 Å². The normalized spacial score (nSPS) is 22.8. The van der Waals surface area contributed by atoms with Crippen molar-refractivity contribution in [3.8, 4) is 17.1 Å². The fourth-order valence-electron chi connectivity index (χ4n) is 5.62. The molecule has 0 spiro atoms. The smallest absolute Gasteiger partial charge is 0.355 e. The van der Waals surface area contributed by atoms with Gasteiger partial charge in [-0.15, -0.1) is 5.10 Å². The Kier molecular flexibility index (Phi) is 5.00. The highest BCUT2D eigenvalue weighted by Crippen LogP contribution is 2.69. The summed E-state index contributed by atoms with van der Waals surface area (Å²) in [6.45, 7) is 3.88. The lowest BCUT2D eigenvalue weighted by Crippen LogP contribution is -2.38. The van der Waals surface area contributed by atoms with Crippen molar-refractivity contribution >= 4 is 10.1 Å². The second-order valence-corrected chi connectivity index (χ2v) is 10.7. The Morgan fingerprint density at radius 2 is 1.69 bits per heavy atom. The summed E-state index contributed by atoms with van der Waals surface area (Å²) in [5, 5.41) is 8.40. The summed E-state index contributed by atoms with van der Waals surface area (Å²) in [7, 11) is -5.90. The van der Waals surface area contributed by atoms with E-state index >= 15 is 0 Å². The maximum Gasteiger partial charge on any atom is 0.534 e. The van der Waals surface area contributed by atoms with E-state index in [1.54, 1.807) is 12.1 Å². The summed E-state index contributed by atoms with van der Waals surface area (Å²) in [4.78, 5) is 4.14. The predicted octanol–water partition coefficient (Wildman–Crippen LogP) is 5.25. The van der Waals surface area contributed by atoms with E-state index in [9.17, 15) is 30.4 Å². The SMILES string of the molecule is CC1(C)[C@H]2CC[C@]1(c1cccc(OS(=O)(=O)C(F)(F)F)n1)c1nnc(-c3c(F)cccc3F)cc12. The van der Waals surface area contributed by atoms with Gasteiger partial charge < -0.3 is 4.18 Å². The van der Waals surface area contributed by atoms with Gasteiger partial charge in [0.25, 0.3) is 0 Å². The fraction of sp³-hybridized carbons (Fsp3) is 0.348. The molecule has 184 valence electrons. The van der Waals surface area contributed by atoms with Gasteiger partial charge >= 0.3 is 15.6 Å². The van der Waals surface area contributed by atoms with Crippen LogP contribution in [0.4, 0.5) is 22.0 Å². The van der Waals surface area contributed by atoms with Gasteiger partial charge in [-0.05, 0) is 54.0 Å². The lowest BCUT2D eigenvalue weighted by atomic mass is 9.66. The first-order chi connectivity index (χ1) is 16.3. The average Bonchev–Trinajstić information content (AvgIpc) is 3.14. The van der Waals surface area contributed by atoms with Gasteiger partial charge in [-0.1, -0.05) is 26.0 Å². The van der Waals surface area contributed by atoms with Gasteiger partial charge in [0.2, 0.25) is 5.88 Å². The van der Waals surface area contributed by atoms with E-state index in [-0.39, 0.29) is 22.9 Å². The number of rotatable bonds is 4. The Labute approximate surface area is 197 Å². The lowest BCUT2D eigenvalue weighted by molar-refractivity contribution is -0.0501. The van der Waals surface area contributed by atoms with Gasteiger partial charge in [-0.2, -0.15) is 26.7 Å². The van der Waals surface area contributed by atoms with Crippen LogP contribution in [0.5, 0.6) is 5.88 Å². The monoisotopic (exact) mass is 511 g/mol. The molecular formula is C23H18F5N3O3S. The first kappa shape index (κ1) is 23.6. The van der Waals surface area contributed by atoms with E-state index in [4.69, 9.17) is 0 Å². The summed E-state index contributed by atoms with van der Waals surface area (Å²) in [5.41, 5.74) is -5.89. The molecule has 0 saturated heterocycles. The minimum absolute atomic E-state index is 0.0270. The van der Waals surface area contributed by atoms with Crippen LogP contribution in [-0.4, -0.2) is 29.1 Å². The Hall–Kier alpha value is -3.15. The molecule has 5 rings (SSSR count). The Morgan fingerprint density at radius 1 is 1.03 bits per heavy atom. The summed E-state index contributed by atoms with van der Waals surface area (Å²) in [5.74, 6) is -2.39. The first-order valence-corrected chi connectivity index (χ1v) is 12.0. The third-order valence-electron chi connectivity index (χ3n) is 7.24. The molecule has 0 amide bonds. The van der Waals surface area contributed by atoms with Gasteiger partial charge in [0.05, 0.1) is 28.1 Å². The third-order valence-corrected chi connectivity index (χ3v) is 8.20. The van der Waals surface area contributed by atoms with Crippen LogP contribution in [0, 0.1) is 17.0 Å². The van der Waals surface area contributed by atoms with Crippen molar-refractivity contribution in [1.82, 2.24) is 15.2 Å². The zero-order valence-electron chi connectivity index (χ0n) is 18.4. The second kappa shape index (κ2) is 7.42. The van der Waals surface area contributed by atoms with Gasteiger partial charge in [0.15, 0.2) is 0 Å². The number of halogens is 5.